The van der Waals surface area contributed by atoms with E-state index in [4.69, 9.17) is 4.74 Å². The molecule has 0 amide bonds. The van der Waals surface area contributed by atoms with Gasteiger partial charge in [-0.2, -0.15) is 0 Å². The minimum absolute atomic E-state index is 0.0409. The first-order chi connectivity index (χ1) is 9.80. The van der Waals surface area contributed by atoms with Gasteiger partial charge in [-0.1, -0.05) is 48.5 Å². The van der Waals surface area contributed by atoms with Crippen LogP contribution in [0.25, 0.3) is 0 Å². The van der Waals surface area contributed by atoms with Gasteiger partial charge in [0.2, 0.25) is 0 Å². The lowest BCUT2D eigenvalue weighted by Crippen LogP contribution is -2.10. The highest BCUT2D eigenvalue weighted by Crippen LogP contribution is 2.33. The van der Waals surface area contributed by atoms with Gasteiger partial charge in [0, 0.05) is 11.8 Å². The molecule has 0 spiro atoms. The summed E-state index contributed by atoms with van der Waals surface area (Å²) in [5, 5.41) is 0. The van der Waals surface area contributed by atoms with Gasteiger partial charge >= 0.3 is 0 Å². The summed E-state index contributed by atoms with van der Waals surface area (Å²) in [6.07, 6.45) is 2.82. The van der Waals surface area contributed by atoms with Gasteiger partial charge in [-0.3, -0.25) is 0 Å². The zero-order valence-corrected chi connectivity index (χ0v) is 11.5. The van der Waals surface area contributed by atoms with Crippen molar-refractivity contribution in [3.05, 3.63) is 78.4 Å². The lowest BCUT2D eigenvalue weighted by Gasteiger charge is -2.20. The quantitative estimate of drug-likeness (QED) is 0.584. The molecule has 2 rings (SSSR count). The molecule has 0 aliphatic heterocycles. The maximum absolute atomic E-state index is 11.5. The zero-order valence-electron chi connectivity index (χ0n) is 11.5. The topological polar surface area (TPSA) is 26.3 Å². The van der Waals surface area contributed by atoms with Crippen LogP contribution in [0.1, 0.15) is 23.0 Å². The van der Waals surface area contributed by atoms with Crippen LogP contribution in [-0.4, -0.2) is 13.4 Å². The van der Waals surface area contributed by atoms with Gasteiger partial charge < -0.3 is 9.53 Å². The Morgan fingerprint density at radius 2 is 1.55 bits per heavy atom. The van der Waals surface area contributed by atoms with Gasteiger partial charge in [-0.05, 0) is 23.3 Å². The molecule has 102 valence electrons. The second-order valence-corrected chi connectivity index (χ2v) is 4.61. The lowest BCUT2D eigenvalue weighted by atomic mass is 9.82. The first kappa shape index (κ1) is 14.1. The molecule has 20 heavy (non-hydrogen) atoms. The summed E-state index contributed by atoms with van der Waals surface area (Å²) in [4.78, 5) is 11.5. The third-order valence-corrected chi connectivity index (χ3v) is 3.47. The molecule has 2 aromatic rings. The summed E-state index contributed by atoms with van der Waals surface area (Å²) >= 11 is 0. The highest BCUT2D eigenvalue weighted by atomic mass is 16.5. The van der Waals surface area contributed by atoms with Crippen molar-refractivity contribution >= 4 is 6.29 Å². The number of benzene rings is 2. The van der Waals surface area contributed by atoms with E-state index >= 15 is 0 Å². The molecule has 2 heteroatoms. The van der Waals surface area contributed by atoms with Gasteiger partial charge in [0.05, 0.1) is 7.11 Å². The number of carbonyl (C=O) groups excluding carboxylic acids is 1. The highest BCUT2D eigenvalue weighted by Gasteiger charge is 2.21. The van der Waals surface area contributed by atoms with Crippen molar-refractivity contribution in [3.8, 4) is 5.75 Å². The predicted octanol–water partition coefficient (Wildman–Crippen LogP) is 3.95. The average Bonchev–Trinajstić information content (AvgIpc) is 2.53. The molecule has 0 radical (unpaired) electrons. The second-order valence-electron chi connectivity index (χ2n) is 4.61. The van der Waals surface area contributed by atoms with Crippen LogP contribution in [0.15, 0.2) is 67.3 Å². The van der Waals surface area contributed by atoms with E-state index in [1.165, 1.54) is 0 Å². The molecule has 0 saturated heterocycles. The molecule has 0 unspecified atom stereocenters. The molecule has 0 aliphatic carbocycles. The largest absolute Gasteiger partial charge is 0.497 e. The summed E-state index contributed by atoms with van der Waals surface area (Å²) in [5.74, 6) is 0.543. The number of rotatable bonds is 6. The summed E-state index contributed by atoms with van der Waals surface area (Å²) in [6.45, 7) is 3.88. The average molecular weight is 266 g/mol. The number of hydrogen-bond donors (Lipinski definition) is 0. The van der Waals surface area contributed by atoms with E-state index in [1.807, 2.05) is 60.7 Å². The standard InChI is InChI=1S/C18H18O2/c1-3-17(15-9-11-16(20-2)12-10-15)18(13-19)14-7-5-4-6-8-14/h3-13,17-18H,1H2,2H3/t17-,18+/m0/s1. The Labute approximate surface area is 119 Å². The van der Waals surface area contributed by atoms with Crippen LogP contribution < -0.4 is 4.74 Å². The molecular weight excluding hydrogens is 248 g/mol. The monoisotopic (exact) mass is 266 g/mol. The maximum atomic E-state index is 11.5. The van der Waals surface area contributed by atoms with Crippen LogP contribution in [0, 0.1) is 0 Å². The fourth-order valence-corrected chi connectivity index (χ4v) is 2.36. The van der Waals surface area contributed by atoms with Gasteiger partial charge in [0.1, 0.15) is 12.0 Å². The van der Waals surface area contributed by atoms with Crippen LogP contribution in [0.5, 0.6) is 5.75 Å². The van der Waals surface area contributed by atoms with Crippen LogP contribution >= 0.6 is 0 Å². The van der Waals surface area contributed by atoms with Crippen molar-refractivity contribution in [2.45, 2.75) is 11.8 Å². The van der Waals surface area contributed by atoms with Crippen LogP contribution in [0.4, 0.5) is 0 Å². The predicted molar refractivity (Wildman–Crippen MR) is 81.2 cm³/mol. The summed E-state index contributed by atoms with van der Waals surface area (Å²) < 4.78 is 5.16. The van der Waals surface area contributed by atoms with Crippen LogP contribution in [-0.2, 0) is 4.79 Å². The van der Waals surface area contributed by atoms with E-state index in [0.29, 0.717) is 0 Å². The van der Waals surface area contributed by atoms with E-state index in [0.717, 1.165) is 23.2 Å². The van der Waals surface area contributed by atoms with Gasteiger partial charge in [0.25, 0.3) is 0 Å². The Hall–Kier alpha value is -2.35. The van der Waals surface area contributed by atoms with Crippen molar-refractivity contribution in [3.63, 3.8) is 0 Å². The molecule has 0 fully saturated rings. The zero-order chi connectivity index (χ0) is 14.4. The van der Waals surface area contributed by atoms with Gasteiger partial charge in [-0.15, -0.1) is 6.58 Å². The molecular formula is C18H18O2. The molecule has 0 heterocycles. The molecule has 0 saturated carbocycles. The number of aldehydes is 1. The van der Waals surface area contributed by atoms with E-state index < -0.39 is 0 Å². The smallest absolute Gasteiger partial charge is 0.128 e. The molecule has 0 aromatic heterocycles. The first-order valence-corrected chi connectivity index (χ1v) is 6.57. The van der Waals surface area contributed by atoms with E-state index in [2.05, 4.69) is 6.58 Å². The number of hydrogen-bond acceptors (Lipinski definition) is 2. The Morgan fingerprint density at radius 3 is 2.05 bits per heavy atom. The van der Waals surface area contributed by atoms with Crippen molar-refractivity contribution in [1.29, 1.82) is 0 Å². The SMILES string of the molecule is C=C[C@@H](c1ccc(OC)cc1)[C@H](C=O)c1ccccc1. The lowest BCUT2D eigenvalue weighted by molar-refractivity contribution is -0.109. The van der Waals surface area contributed by atoms with Crippen molar-refractivity contribution < 1.29 is 9.53 Å². The first-order valence-electron chi connectivity index (χ1n) is 6.57. The van der Waals surface area contributed by atoms with Crippen molar-refractivity contribution in [1.82, 2.24) is 0 Å². The third-order valence-electron chi connectivity index (χ3n) is 3.47. The number of allylic oxidation sites excluding steroid dienone is 1. The normalized spacial score (nSPS) is 13.2. The minimum atomic E-state index is -0.220. The van der Waals surface area contributed by atoms with Crippen molar-refractivity contribution in [2.24, 2.45) is 0 Å². The van der Waals surface area contributed by atoms with Crippen LogP contribution in [0.3, 0.4) is 0 Å². The maximum Gasteiger partial charge on any atom is 0.128 e. The molecule has 0 aliphatic rings. The highest BCUT2D eigenvalue weighted by molar-refractivity contribution is 5.65. The third kappa shape index (κ3) is 2.97. The van der Waals surface area contributed by atoms with Crippen LogP contribution in [0.2, 0.25) is 0 Å². The Kier molecular flexibility index (Phi) is 4.72. The fraction of sp³-hybridized carbons (Fsp3) is 0.167. The second kappa shape index (κ2) is 6.71. The minimum Gasteiger partial charge on any atom is -0.497 e. The van der Waals surface area contributed by atoms with Crippen molar-refractivity contribution in [2.75, 3.05) is 7.11 Å². The molecule has 2 nitrogen and oxygen atoms in total. The Morgan fingerprint density at radius 1 is 0.950 bits per heavy atom. The Bertz CT molecular complexity index is 558. The van der Waals surface area contributed by atoms with E-state index in [9.17, 15) is 4.79 Å². The van der Waals surface area contributed by atoms with Gasteiger partial charge in [0.15, 0.2) is 0 Å². The molecule has 2 aromatic carbocycles. The molecule has 2 atom stereocenters. The fourth-order valence-electron chi connectivity index (χ4n) is 2.36. The van der Waals surface area contributed by atoms with E-state index in [1.54, 1.807) is 7.11 Å². The molecule has 0 bridgehead atoms. The van der Waals surface area contributed by atoms with Gasteiger partial charge in [-0.25, -0.2) is 0 Å². The molecule has 0 N–H and O–H groups in total. The number of methoxy groups -OCH3 is 1. The summed E-state index contributed by atoms with van der Waals surface area (Å²) in [5.41, 5.74) is 2.06. The Balaban J connectivity index is 2.34. The summed E-state index contributed by atoms with van der Waals surface area (Å²) in [6, 6.07) is 17.5. The number of carbonyl (C=O) groups is 1. The summed E-state index contributed by atoms with van der Waals surface area (Å²) in [7, 11) is 1.64. The van der Waals surface area contributed by atoms with E-state index in [-0.39, 0.29) is 11.8 Å². The number of ether oxygens (including phenoxy) is 1.